The van der Waals surface area contributed by atoms with Crippen molar-refractivity contribution < 1.29 is 14.6 Å². The van der Waals surface area contributed by atoms with Crippen LogP contribution in [-0.4, -0.2) is 10.2 Å². The molecule has 0 saturated carbocycles. The van der Waals surface area contributed by atoms with Gasteiger partial charge in [0.2, 0.25) is 5.43 Å². The first kappa shape index (κ1) is 14.9. The van der Waals surface area contributed by atoms with E-state index in [4.69, 9.17) is 4.42 Å². The van der Waals surface area contributed by atoms with Crippen LogP contribution in [0.5, 0.6) is 0 Å². The van der Waals surface area contributed by atoms with Crippen molar-refractivity contribution in [1.82, 2.24) is 0 Å². The van der Waals surface area contributed by atoms with E-state index in [0.29, 0.717) is 16.7 Å². The van der Waals surface area contributed by atoms with Crippen LogP contribution in [0.15, 0.2) is 69.5 Å². The Labute approximate surface area is 133 Å². The molecule has 116 valence electrons. The lowest BCUT2D eigenvalue weighted by Crippen LogP contribution is -2.13. The van der Waals surface area contributed by atoms with Gasteiger partial charge in [0, 0.05) is 12.0 Å². The van der Waals surface area contributed by atoms with Crippen LogP contribution in [0.2, 0.25) is 0 Å². The van der Waals surface area contributed by atoms with Gasteiger partial charge in [-0.1, -0.05) is 42.5 Å². The summed E-state index contributed by atoms with van der Waals surface area (Å²) in [5, 5.41) is 19.9. The van der Waals surface area contributed by atoms with Gasteiger partial charge in [-0.15, -0.1) is 0 Å². The van der Waals surface area contributed by atoms with Gasteiger partial charge in [0.05, 0.1) is 11.1 Å². The molecule has 1 aromatic carbocycles. The molecular weight excluding hydrogens is 292 g/mol. The minimum absolute atomic E-state index is 0.142. The quantitative estimate of drug-likeness (QED) is 0.878. The highest BCUT2D eigenvalue weighted by atomic mass is 16.3. The fourth-order valence-electron chi connectivity index (χ4n) is 2.79. The Morgan fingerprint density at radius 1 is 1.22 bits per heavy atom. The first-order valence-corrected chi connectivity index (χ1v) is 7.19. The van der Waals surface area contributed by atoms with Crippen LogP contribution in [0.25, 0.3) is 22.8 Å². The largest absolute Gasteiger partial charge is 0.508 e. The monoisotopic (exact) mass is 308 g/mol. The molecule has 0 atom stereocenters. The molecule has 2 aromatic rings. The maximum atomic E-state index is 13.0. The average Bonchev–Trinajstić information content (AvgIpc) is 2.81. The molecule has 0 aliphatic heterocycles. The van der Waals surface area contributed by atoms with Crippen molar-refractivity contribution in [2.75, 3.05) is 0 Å². The molecule has 1 aromatic heterocycles. The zero-order valence-corrected chi connectivity index (χ0v) is 12.7. The van der Waals surface area contributed by atoms with Gasteiger partial charge in [-0.2, -0.15) is 0 Å². The minimum atomic E-state index is -0.275. The third-order valence-corrected chi connectivity index (χ3v) is 3.91. The number of aliphatic hydroxyl groups excluding tert-OH is 2. The van der Waals surface area contributed by atoms with Crippen molar-refractivity contribution in [3.05, 3.63) is 81.8 Å². The zero-order valence-electron chi connectivity index (χ0n) is 12.7. The lowest BCUT2D eigenvalue weighted by molar-refractivity contribution is 0.340. The van der Waals surface area contributed by atoms with E-state index in [0.717, 1.165) is 5.56 Å². The van der Waals surface area contributed by atoms with Crippen LogP contribution in [0.4, 0.5) is 0 Å². The average molecular weight is 308 g/mol. The van der Waals surface area contributed by atoms with Gasteiger partial charge in [0.25, 0.3) is 0 Å². The highest BCUT2D eigenvalue weighted by molar-refractivity contribution is 5.86. The number of aliphatic hydroxyl groups is 2. The first-order valence-electron chi connectivity index (χ1n) is 7.19. The molecule has 2 N–H and O–H groups in total. The summed E-state index contributed by atoms with van der Waals surface area (Å²) in [7, 11) is 0. The molecule has 0 radical (unpaired) electrons. The molecule has 23 heavy (non-hydrogen) atoms. The van der Waals surface area contributed by atoms with E-state index < -0.39 is 0 Å². The fourth-order valence-corrected chi connectivity index (χ4v) is 2.79. The standard InChI is InChI=1S/C19H16O4/c1-3-15-17(16-11(2)9-14(20)19(16)22)18(21)13(10-23-15)12-7-5-4-6-8-12/h3-8,10,20,22H,1,9H2,2H3. The lowest BCUT2D eigenvalue weighted by atomic mass is 9.97. The summed E-state index contributed by atoms with van der Waals surface area (Å²) in [6.07, 6.45) is 3.03. The molecule has 3 rings (SSSR count). The maximum absolute atomic E-state index is 13.0. The van der Waals surface area contributed by atoms with Gasteiger partial charge in [0.1, 0.15) is 17.8 Å². The number of benzene rings is 1. The second-order valence-corrected chi connectivity index (χ2v) is 5.42. The smallest absolute Gasteiger partial charge is 0.201 e. The van der Waals surface area contributed by atoms with Crippen LogP contribution in [0, 0.1) is 0 Å². The summed E-state index contributed by atoms with van der Waals surface area (Å²) in [5.41, 5.74) is 2.10. The molecule has 4 nitrogen and oxygen atoms in total. The highest BCUT2D eigenvalue weighted by Crippen LogP contribution is 2.37. The van der Waals surface area contributed by atoms with E-state index in [-0.39, 0.29) is 34.7 Å². The fraction of sp³-hybridized carbons (Fsp3) is 0.105. The summed E-state index contributed by atoms with van der Waals surface area (Å²) in [5.74, 6) is -0.148. The molecule has 1 aliphatic rings. The molecule has 0 spiro atoms. The zero-order chi connectivity index (χ0) is 16.6. The summed E-state index contributed by atoms with van der Waals surface area (Å²) in [6, 6.07) is 9.15. The molecule has 0 amide bonds. The summed E-state index contributed by atoms with van der Waals surface area (Å²) >= 11 is 0. The summed E-state index contributed by atoms with van der Waals surface area (Å²) < 4.78 is 5.55. The minimum Gasteiger partial charge on any atom is -0.508 e. The van der Waals surface area contributed by atoms with Crippen LogP contribution in [-0.2, 0) is 0 Å². The maximum Gasteiger partial charge on any atom is 0.201 e. The van der Waals surface area contributed by atoms with Gasteiger partial charge in [0.15, 0.2) is 5.76 Å². The molecule has 4 heteroatoms. The van der Waals surface area contributed by atoms with Crippen molar-refractivity contribution in [3.8, 4) is 11.1 Å². The Hall–Kier alpha value is -3.01. The van der Waals surface area contributed by atoms with Gasteiger partial charge < -0.3 is 14.6 Å². The van der Waals surface area contributed by atoms with E-state index in [1.165, 1.54) is 12.3 Å². The van der Waals surface area contributed by atoms with Crippen molar-refractivity contribution in [2.45, 2.75) is 13.3 Å². The SMILES string of the molecule is C=Cc1occ(-c2ccccc2)c(=O)c1C1=C(C)CC(O)=C1O. The van der Waals surface area contributed by atoms with E-state index in [9.17, 15) is 15.0 Å². The van der Waals surface area contributed by atoms with Crippen LogP contribution < -0.4 is 5.43 Å². The predicted octanol–water partition coefficient (Wildman–Crippen LogP) is 4.45. The predicted molar refractivity (Wildman–Crippen MR) is 90.0 cm³/mol. The normalized spacial score (nSPS) is 14.5. The van der Waals surface area contributed by atoms with Gasteiger partial charge in [-0.3, -0.25) is 4.79 Å². The molecule has 0 bridgehead atoms. The number of hydrogen-bond acceptors (Lipinski definition) is 4. The van der Waals surface area contributed by atoms with Crippen molar-refractivity contribution in [3.63, 3.8) is 0 Å². The van der Waals surface area contributed by atoms with Crippen LogP contribution >= 0.6 is 0 Å². The Balaban J connectivity index is 2.31. The van der Waals surface area contributed by atoms with Crippen LogP contribution in [0.1, 0.15) is 24.7 Å². The molecule has 1 heterocycles. The second-order valence-electron chi connectivity index (χ2n) is 5.42. The molecule has 0 saturated heterocycles. The van der Waals surface area contributed by atoms with Gasteiger partial charge in [-0.05, 0) is 18.6 Å². The Morgan fingerprint density at radius 2 is 1.91 bits per heavy atom. The van der Waals surface area contributed by atoms with E-state index >= 15 is 0 Å². The Kier molecular flexibility index (Phi) is 3.66. The highest BCUT2D eigenvalue weighted by Gasteiger charge is 2.28. The number of hydrogen-bond donors (Lipinski definition) is 2. The van der Waals surface area contributed by atoms with Crippen molar-refractivity contribution in [2.24, 2.45) is 0 Å². The van der Waals surface area contributed by atoms with Gasteiger partial charge in [-0.25, -0.2) is 0 Å². The molecule has 0 fully saturated rings. The Morgan fingerprint density at radius 3 is 2.48 bits per heavy atom. The Bertz CT molecular complexity index is 899. The van der Waals surface area contributed by atoms with Gasteiger partial charge >= 0.3 is 0 Å². The van der Waals surface area contributed by atoms with Crippen LogP contribution in [0.3, 0.4) is 0 Å². The van der Waals surface area contributed by atoms with Crippen molar-refractivity contribution >= 4 is 11.6 Å². The number of rotatable bonds is 3. The third-order valence-electron chi connectivity index (χ3n) is 3.91. The third kappa shape index (κ3) is 2.38. The van der Waals surface area contributed by atoms with Crippen molar-refractivity contribution in [1.29, 1.82) is 0 Å². The molecule has 0 unspecified atom stereocenters. The van der Waals surface area contributed by atoms with E-state index in [1.807, 2.05) is 30.3 Å². The summed E-state index contributed by atoms with van der Waals surface area (Å²) in [4.78, 5) is 13.0. The second kappa shape index (κ2) is 5.65. The first-order chi connectivity index (χ1) is 11.0. The summed E-state index contributed by atoms with van der Waals surface area (Å²) in [6.45, 7) is 5.42. The number of allylic oxidation sites excluding steroid dienone is 2. The molecule has 1 aliphatic carbocycles. The van der Waals surface area contributed by atoms with E-state index in [2.05, 4.69) is 6.58 Å². The lowest BCUT2D eigenvalue weighted by Gasteiger charge is -2.10. The molecular formula is C19H16O4. The topological polar surface area (TPSA) is 70.7 Å². The van der Waals surface area contributed by atoms with E-state index in [1.54, 1.807) is 6.92 Å².